The van der Waals surface area contributed by atoms with Crippen LogP contribution in [0.4, 0.5) is 0 Å². The smallest absolute Gasteiger partial charge is 0.249 e. The van der Waals surface area contributed by atoms with Crippen LogP contribution in [0.5, 0.6) is 0 Å². The molecule has 2 amide bonds. The van der Waals surface area contributed by atoms with Gasteiger partial charge in [-0.1, -0.05) is 29.3 Å². The summed E-state index contributed by atoms with van der Waals surface area (Å²) in [6.07, 6.45) is 2.77. The predicted octanol–water partition coefficient (Wildman–Crippen LogP) is 3.54. The predicted molar refractivity (Wildman–Crippen MR) is 109 cm³/mol. The zero-order chi connectivity index (χ0) is 20.0. The summed E-state index contributed by atoms with van der Waals surface area (Å²) in [5.74, 6) is -0.887. The van der Waals surface area contributed by atoms with E-state index < -0.39 is 11.8 Å². The highest BCUT2D eigenvalue weighted by atomic mass is 35.5. The molecule has 1 heterocycles. The summed E-state index contributed by atoms with van der Waals surface area (Å²) >= 11 is 12.2. The lowest BCUT2D eigenvalue weighted by Gasteiger charge is -2.10. The van der Waals surface area contributed by atoms with E-state index in [2.05, 4.69) is 22.4 Å². The maximum absolute atomic E-state index is 11.7. The lowest BCUT2D eigenvalue weighted by atomic mass is 10.2. The molecule has 1 aromatic carbocycles. The minimum Gasteiger partial charge on any atom is -0.352 e. The number of carbonyl (C=O) groups is 2. The molecular formula is C19H20Cl2N4O2. The van der Waals surface area contributed by atoms with E-state index in [1.165, 1.54) is 12.3 Å². The molecule has 142 valence electrons. The van der Waals surface area contributed by atoms with Gasteiger partial charge in [-0.15, -0.1) is 6.58 Å². The lowest BCUT2D eigenvalue weighted by Crippen LogP contribution is -2.29. The molecule has 0 fully saturated rings. The lowest BCUT2D eigenvalue weighted by molar-refractivity contribution is -0.129. The van der Waals surface area contributed by atoms with Crippen LogP contribution < -0.4 is 10.7 Å². The van der Waals surface area contributed by atoms with Gasteiger partial charge in [-0.05, 0) is 38.1 Å². The fourth-order valence-corrected chi connectivity index (χ4v) is 3.11. The van der Waals surface area contributed by atoms with E-state index in [4.69, 9.17) is 23.2 Å². The first-order valence-corrected chi connectivity index (χ1v) is 8.92. The Morgan fingerprint density at radius 3 is 2.44 bits per heavy atom. The standard InChI is InChI=1S/C19H20Cl2N4O2/c1-4-5-22-18(26)10-19(27)24-23-11-14-6-12(2)25(13(14)3)17-8-15(20)7-16(21)9-17/h4,6-9,11H,1,5,10H2,2-3H3,(H,22,26)(H,24,27)/b23-11+. The van der Waals surface area contributed by atoms with Crippen molar-refractivity contribution in [1.29, 1.82) is 0 Å². The monoisotopic (exact) mass is 406 g/mol. The number of carbonyl (C=O) groups excluding carboxylic acids is 2. The Morgan fingerprint density at radius 1 is 1.15 bits per heavy atom. The zero-order valence-corrected chi connectivity index (χ0v) is 16.6. The Morgan fingerprint density at radius 2 is 1.81 bits per heavy atom. The first-order valence-electron chi connectivity index (χ1n) is 8.16. The van der Waals surface area contributed by atoms with Crippen LogP contribution in [0, 0.1) is 13.8 Å². The second-order valence-corrected chi connectivity index (χ2v) is 6.73. The number of aryl methyl sites for hydroxylation is 1. The maximum Gasteiger partial charge on any atom is 0.249 e. The van der Waals surface area contributed by atoms with E-state index >= 15 is 0 Å². The van der Waals surface area contributed by atoms with Gasteiger partial charge in [0.1, 0.15) is 6.42 Å². The molecular weight excluding hydrogens is 387 g/mol. The van der Waals surface area contributed by atoms with E-state index in [0.717, 1.165) is 22.6 Å². The molecule has 0 atom stereocenters. The summed E-state index contributed by atoms with van der Waals surface area (Å²) in [5.41, 5.74) is 5.87. The third-order valence-electron chi connectivity index (χ3n) is 3.73. The van der Waals surface area contributed by atoms with Crippen LogP contribution in [0.25, 0.3) is 5.69 Å². The summed E-state index contributed by atoms with van der Waals surface area (Å²) in [6, 6.07) is 7.23. The van der Waals surface area contributed by atoms with Gasteiger partial charge in [-0.2, -0.15) is 5.10 Å². The van der Waals surface area contributed by atoms with Crippen molar-refractivity contribution in [3.8, 4) is 5.69 Å². The molecule has 0 saturated heterocycles. The quantitative estimate of drug-likeness (QED) is 0.319. The molecule has 0 unspecified atom stereocenters. The van der Waals surface area contributed by atoms with Crippen molar-refractivity contribution < 1.29 is 9.59 Å². The van der Waals surface area contributed by atoms with E-state index in [9.17, 15) is 9.59 Å². The van der Waals surface area contributed by atoms with Crippen molar-refractivity contribution in [2.75, 3.05) is 6.54 Å². The molecule has 0 spiro atoms. The molecule has 2 N–H and O–H groups in total. The summed E-state index contributed by atoms with van der Waals surface area (Å²) in [5, 5.41) is 7.54. The van der Waals surface area contributed by atoms with Crippen LogP contribution >= 0.6 is 23.2 Å². The number of nitrogens with zero attached hydrogens (tertiary/aromatic N) is 2. The Kier molecular flexibility index (Phi) is 7.21. The van der Waals surface area contributed by atoms with Crippen LogP contribution in [-0.4, -0.2) is 29.1 Å². The SMILES string of the molecule is C=CCNC(=O)CC(=O)N/N=C/c1cc(C)n(-c2cc(Cl)cc(Cl)c2)c1C. The van der Waals surface area contributed by atoms with Gasteiger partial charge >= 0.3 is 0 Å². The Labute approximate surface area is 167 Å². The van der Waals surface area contributed by atoms with Crippen LogP contribution in [0.2, 0.25) is 10.0 Å². The molecule has 2 aromatic rings. The number of halogens is 2. The topological polar surface area (TPSA) is 75.5 Å². The molecule has 6 nitrogen and oxygen atoms in total. The van der Waals surface area contributed by atoms with Gasteiger partial charge in [-0.25, -0.2) is 5.43 Å². The van der Waals surface area contributed by atoms with Crippen molar-refractivity contribution in [3.63, 3.8) is 0 Å². The van der Waals surface area contributed by atoms with Crippen molar-refractivity contribution >= 4 is 41.2 Å². The fourth-order valence-electron chi connectivity index (χ4n) is 2.59. The fraction of sp³-hybridized carbons (Fsp3) is 0.211. The highest BCUT2D eigenvalue weighted by molar-refractivity contribution is 6.34. The Bertz CT molecular complexity index is 883. The first kappa shape index (κ1) is 20.7. The van der Waals surface area contributed by atoms with E-state index in [1.807, 2.05) is 36.6 Å². The highest BCUT2D eigenvalue weighted by Gasteiger charge is 2.11. The number of amides is 2. The van der Waals surface area contributed by atoms with Crippen molar-refractivity contribution in [1.82, 2.24) is 15.3 Å². The van der Waals surface area contributed by atoms with Gasteiger partial charge in [0.25, 0.3) is 0 Å². The molecule has 0 aliphatic heterocycles. The van der Waals surface area contributed by atoms with Crippen molar-refractivity contribution in [3.05, 3.63) is 63.9 Å². The summed E-state index contributed by atoms with van der Waals surface area (Å²) < 4.78 is 1.99. The third kappa shape index (κ3) is 5.70. The number of benzene rings is 1. The van der Waals surface area contributed by atoms with Gasteiger partial charge in [0.05, 0.1) is 6.21 Å². The summed E-state index contributed by atoms with van der Waals surface area (Å²) in [4.78, 5) is 23.2. The molecule has 1 aromatic heterocycles. The third-order valence-corrected chi connectivity index (χ3v) is 4.17. The number of rotatable bonds is 7. The van der Waals surface area contributed by atoms with E-state index in [-0.39, 0.29) is 6.42 Å². The van der Waals surface area contributed by atoms with Crippen LogP contribution in [-0.2, 0) is 9.59 Å². The maximum atomic E-state index is 11.7. The van der Waals surface area contributed by atoms with Gasteiger partial charge in [-0.3, -0.25) is 9.59 Å². The molecule has 0 aliphatic carbocycles. The molecule has 0 bridgehead atoms. The van der Waals surface area contributed by atoms with Crippen molar-refractivity contribution in [2.45, 2.75) is 20.3 Å². The average Bonchev–Trinajstić information content (AvgIpc) is 2.86. The number of hydrazone groups is 1. The Balaban J connectivity index is 2.10. The Hall–Kier alpha value is -2.57. The summed E-state index contributed by atoms with van der Waals surface area (Å²) in [6.45, 7) is 7.67. The second kappa shape index (κ2) is 9.39. The number of nitrogens with one attached hydrogen (secondary N) is 2. The molecule has 8 heteroatoms. The minimum absolute atomic E-state index is 0.300. The second-order valence-electron chi connectivity index (χ2n) is 5.85. The van der Waals surface area contributed by atoms with E-state index in [0.29, 0.717) is 16.6 Å². The van der Waals surface area contributed by atoms with Gasteiger partial charge in [0, 0.05) is 39.2 Å². The highest BCUT2D eigenvalue weighted by Crippen LogP contribution is 2.25. The average molecular weight is 407 g/mol. The summed E-state index contributed by atoms with van der Waals surface area (Å²) in [7, 11) is 0. The molecule has 0 saturated carbocycles. The molecule has 27 heavy (non-hydrogen) atoms. The first-order chi connectivity index (χ1) is 12.8. The number of aromatic nitrogens is 1. The van der Waals surface area contributed by atoms with Crippen LogP contribution in [0.15, 0.2) is 42.0 Å². The molecule has 2 rings (SSSR count). The van der Waals surface area contributed by atoms with Gasteiger partial charge < -0.3 is 9.88 Å². The van der Waals surface area contributed by atoms with Gasteiger partial charge in [0.15, 0.2) is 0 Å². The number of hydrogen-bond donors (Lipinski definition) is 2. The van der Waals surface area contributed by atoms with Crippen LogP contribution in [0.3, 0.4) is 0 Å². The van der Waals surface area contributed by atoms with Crippen LogP contribution in [0.1, 0.15) is 23.4 Å². The zero-order valence-electron chi connectivity index (χ0n) is 15.1. The minimum atomic E-state index is -0.497. The molecule has 0 aliphatic rings. The largest absolute Gasteiger partial charge is 0.352 e. The van der Waals surface area contributed by atoms with Crippen molar-refractivity contribution in [2.24, 2.45) is 5.10 Å². The molecule has 0 radical (unpaired) electrons. The van der Waals surface area contributed by atoms with E-state index in [1.54, 1.807) is 6.07 Å². The number of hydrogen-bond acceptors (Lipinski definition) is 3. The normalized spacial score (nSPS) is 10.8. The van der Waals surface area contributed by atoms with Gasteiger partial charge in [0.2, 0.25) is 11.8 Å².